The standard InChI is InChI=1S/C14H15Cl3N4O2S/c1-7(2)20-21-24-6-18-14(23)11(24)5-12(22)19-8-3-9(15)13(17)10(16)4-8/h3-4,11H,5-6H2,1-2H3,(H,18,23)(H,19,22). The lowest BCUT2D eigenvalue weighted by Gasteiger charge is -2.10. The fraction of sp³-hybridized carbons (Fsp3) is 0.357. The number of hydrogen-bond donors (Lipinski definition) is 2. The maximum atomic E-state index is 12.2. The Balaban J connectivity index is 2.09. The van der Waals surface area contributed by atoms with Crippen molar-refractivity contribution in [2.24, 2.45) is 9.57 Å². The minimum absolute atomic E-state index is 0.00537. The Morgan fingerprint density at radius 1 is 1.33 bits per heavy atom. The molecule has 1 fully saturated rings. The van der Waals surface area contributed by atoms with Gasteiger partial charge in [-0.1, -0.05) is 34.8 Å². The lowest BCUT2D eigenvalue weighted by atomic mass is 10.2. The van der Waals surface area contributed by atoms with Crippen LogP contribution < -0.4 is 10.6 Å². The molecule has 1 aromatic carbocycles. The Bertz CT molecular complexity index is 725. The zero-order valence-corrected chi connectivity index (χ0v) is 16.0. The predicted molar refractivity (Wildman–Crippen MR) is 100 cm³/mol. The Hall–Kier alpha value is -1.15. The molecule has 24 heavy (non-hydrogen) atoms. The van der Waals surface area contributed by atoms with E-state index in [1.165, 1.54) is 12.1 Å². The quantitative estimate of drug-likeness (QED) is 0.452. The average Bonchev–Trinajstić information content (AvgIpc) is 2.83. The maximum absolute atomic E-state index is 12.2. The monoisotopic (exact) mass is 408 g/mol. The number of nitrogens with one attached hydrogen (secondary N) is 2. The first-order valence-electron chi connectivity index (χ1n) is 6.91. The lowest BCUT2D eigenvalue weighted by Crippen LogP contribution is -2.28. The van der Waals surface area contributed by atoms with E-state index < -0.39 is 15.9 Å². The van der Waals surface area contributed by atoms with Gasteiger partial charge in [-0.05, 0) is 36.7 Å². The van der Waals surface area contributed by atoms with Gasteiger partial charge in [0.2, 0.25) is 11.8 Å². The van der Waals surface area contributed by atoms with Crippen LogP contribution in [0.5, 0.6) is 0 Å². The van der Waals surface area contributed by atoms with E-state index >= 15 is 0 Å². The van der Waals surface area contributed by atoms with Gasteiger partial charge in [-0.2, -0.15) is 5.10 Å². The third kappa shape index (κ3) is 4.92. The molecule has 1 aliphatic heterocycles. The van der Waals surface area contributed by atoms with Crippen molar-refractivity contribution in [1.29, 1.82) is 0 Å². The van der Waals surface area contributed by atoms with Crippen molar-refractivity contribution in [3.63, 3.8) is 0 Å². The Kier molecular flexibility index (Phi) is 6.62. The van der Waals surface area contributed by atoms with Crippen LogP contribution in [0.1, 0.15) is 20.3 Å². The molecular weight excluding hydrogens is 395 g/mol. The molecule has 0 spiro atoms. The van der Waals surface area contributed by atoms with Crippen molar-refractivity contribution in [3.05, 3.63) is 27.2 Å². The molecule has 130 valence electrons. The number of carbonyl (C=O) groups is 2. The lowest BCUT2D eigenvalue weighted by molar-refractivity contribution is -0.123. The second-order valence-electron chi connectivity index (χ2n) is 5.21. The number of carbonyl (C=O) groups excluding carboxylic acids is 2. The van der Waals surface area contributed by atoms with E-state index in [1.807, 2.05) is 13.8 Å². The number of benzene rings is 1. The predicted octanol–water partition coefficient (Wildman–Crippen LogP) is 3.63. The Morgan fingerprint density at radius 2 is 1.96 bits per heavy atom. The maximum Gasteiger partial charge on any atom is 0.235 e. The van der Waals surface area contributed by atoms with Crippen LogP contribution in [0.15, 0.2) is 21.7 Å². The van der Waals surface area contributed by atoms with Gasteiger partial charge in [-0.15, -0.1) is 4.47 Å². The van der Waals surface area contributed by atoms with E-state index in [9.17, 15) is 9.59 Å². The summed E-state index contributed by atoms with van der Waals surface area (Å²) in [6.07, 6.45) is -0.00537. The van der Waals surface area contributed by atoms with Crippen LogP contribution in [-0.2, 0) is 20.3 Å². The number of amides is 2. The summed E-state index contributed by atoms with van der Waals surface area (Å²) >= 11 is 17.7. The molecule has 0 aliphatic carbocycles. The summed E-state index contributed by atoms with van der Waals surface area (Å²) in [4.78, 5) is 24.1. The van der Waals surface area contributed by atoms with Crippen LogP contribution in [0, 0.1) is 0 Å². The van der Waals surface area contributed by atoms with Gasteiger partial charge < -0.3 is 10.6 Å². The van der Waals surface area contributed by atoms with Crippen molar-refractivity contribution in [1.82, 2.24) is 5.32 Å². The van der Waals surface area contributed by atoms with E-state index in [4.69, 9.17) is 34.8 Å². The van der Waals surface area contributed by atoms with Gasteiger partial charge in [0, 0.05) is 17.8 Å². The normalized spacial score (nSPS) is 20.0. The Labute approximate surface area is 157 Å². The summed E-state index contributed by atoms with van der Waals surface area (Å²) in [5.74, 6) is -0.142. The largest absolute Gasteiger partial charge is 0.345 e. The van der Waals surface area contributed by atoms with Gasteiger partial charge in [0.05, 0.1) is 20.9 Å². The number of rotatable bonds is 4. The molecule has 2 amide bonds. The van der Waals surface area contributed by atoms with Crippen LogP contribution in [-0.4, -0.2) is 28.7 Å². The summed E-state index contributed by atoms with van der Waals surface area (Å²) in [7, 11) is -0.664. The highest BCUT2D eigenvalue weighted by atomic mass is 35.5. The summed E-state index contributed by atoms with van der Waals surface area (Å²) in [5.41, 5.74) is 1.20. The zero-order chi connectivity index (χ0) is 17.9. The summed E-state index contributed by atoms with van der Waals surface area (Å²) in [5, 5.41) is 9.53. The van der Waals surface area contributed by atoms with Crippen molar-refractivity contribution in [2.45, 2.75) is 25.5 Å². The Morgan fingerprint density at radius 3 is 2.54 bits per heavy atom. The first-order chi connectivity index (χ1) is 11.3. The molecule has 1 aromatic rings. The number of anilines is 1. The molecule has 2 N–H and O–H groups in total. The van der Waals surface area contributed by atoms with E-state index in [0.717, 1.165) is 5.71 Å². The van der Waals surface area contributed by atoms with E-state index in [1.54, 1.807) is 0 Å². The first kappa shape index (κ1) is 19.2. The molecule has 2 unspecified atom stereocenters. The van der Waals surface area contributed by atoms with E-state index in [2.05, 4.69) is 20.2 Å². The van der Waals surface area contributed by atoms with Crippen LogP contribution >= 0.6 is 34.8 Å². The van der Waals surface area contributed by atoms with Gasteiger partial charge in [0.15, 0.2) is 0 Å². The molecule has 0 aromatic heterocycles. The molecule has 10 heteroatoms. The molecule has 1 heterocycles. The van der Waals surface area contributed by atoms with E-state index in [-0.39, 0.29) is 33.3 Å². The highest BCUT2D eigenvalue weighted by Gasteiger charge is 2.32. The number of halogens is 3. The van der Waals surface area contributed by atoms with Gasteiger partial charge >= 0.3 is 0 Å². The molecule has 0 radical (unpaired) electrons. The first-order valence-corrected chi connectivity index (χ1v) is 9.46. The topological polar surface area (TPSA) is 82.9 Å². The van der Waals surface area contributed by atoms with Crippen molar-refractivity contribution < 1.29 is 9.59 Å². The highest BCUT2D eigenvalue weighted by molar-refractivity contribution is 7.89. The van der Waals surface area contributed by atoms with Gasteiger partial charge in [-0.3, -0.25) is 9.59 Å². The number of hydrogen-bond acceptors (Lipinski definition) is 3. The van der Waals surface area contributed by atoms with Crippen molar-refractivity contribution >= 4 is 68.7 Å². The van der Waals surface area contributed by atoms with Gasteiger partial charge in [0.25, 0.3) is 0 Å². The van der Waals surface area contributed by atoms with Crippen LogP contribution in [0.4, 0.5) is 5.69 Å². The fourth-order valence-electron chi connectivity index (χ4n) is 1.90. The molecule has 2 rings (SSSR count). The van der Waals surface area contributed by atoms with Crippen molar-refractivity contribution in [3.8, 4) is 0 Å². The second kappa shape index (κ2) is 8.29. The molecule has 0 saturated carbocycles. The van der Waals surface area contributed by atoms with Gasteiger partial charge in [-0.25, -0.2) is 0 Å². The molecular formula is C14H15Cl3N4O2S. The highest BCUT2D eigenvalue weighted by Crippen LogP contribution is 2.33. The molecule has 1 saturated heterocycles. The van der Waals surface area contributed by atoms with Crippen LogP contribution in [0.3, 0.4) is 0 Å². The van der Waals surface area contributed by atoms with E-state index in [0.29, 0.717) is 11.6 Å². The van der Waals surface area contributed by atoms with Crippen LogP contribution in [0.2, 0.25) is 15.1 Å². The molecule has 6 nitrogen and oxygen atoms in total. The van der Waals surface area contributed by atoms with Crippen molar-refractivity contribution in [2.75, 3.05) is 11.2 Å². The second-order valence-corrected chi connectivity index (χ2v) is 8.23. The smallest absolute Gasteiger partial charge is 0.235 e. The summed E-state index contributed by atoms with van der Waals surface area (Å²) in [6, 6.07) is 2.99. The SMILES string of the molecule is CC(C)=N/N=S1\CNC(=O)C1CC(=O)Nc1cc(Cl)c(Cl)c(Cl)c1. The third-order valence-corrected chi connectivity index (χ3v) is 5.97. The fourth-order valence-corrected chi connectivity index (χ4v) is 4.10. The minimum Gasteiger partial charge on any atom is -0.345 e. The zero-order valence-electron chi connectivity index (χ0n) is 12.9. The number of nitrogens with zero attached hydrogens (tertiary/aromatic N) is 2. The van der Waals surface area contributed by atoms with Crippen LogP contribution in [0.25, 0.3) is 0 Å². The molecule has 2 atom stereocenters. The molecule has 0 bridgehead atoms. The minimum atomic E-state index is -0.664. The molecule has 1 aliphatic rings. The summed E-state index contributed by atoms with van der Waals surface area (Å²) in [6.45, 7) is 3.63. The van der Waals surface area contributed by atoms with Gasteiger partial charge in [0.1, 0.15) is 5.25 Å². The average molecular weight is 410 g/mol. The summed E-state index contributed by atoms with van der Waals surface area (Å²) < 4.78 is 4.15. The third-order valence-electron chi connectivity index (χ3n) is 3.00.